The fraction of sp³-hybridized carbons (Fsp3) is 0.375. The number of nitrogens with zero attached hydrogens (tertiary/aromatic N) is 2. The van der Waals surface area contributed by atoms with E-state index in [1.807, 2.05) is 18.7 Å². The van der Waals surface area contributed by atoms with Crippen LogP contribution in [0, 0.1) is 6.92 Å². The van der Waals surface area contributed by atoms with Crippen LogP contribution < -0.4 is 5.32 Å². The maximum atomic E-state index is 4.65. The fourth-order valence-electron chi connectivity index (χ4n) is 2.31. The van der Waals surface area contributed by atoms with Crippen LogP contribution in [0.4, 0.5) is 0 Å². The van der Waals surface area contributed by atoms with E-state index in [-0.39, 0.29) is 0 Å². The number of hydrogen-bond donors (Lipinski definition) is 1. The Labute approximate surface area is 133 Å². The Morgan fingerprint density at radius 2 is 2.19 bits per heavy atom. The zero-order chi connectivity index (χ0) is 14.5. The monoisotopic (exact) mass is 317 g/mol. The summed E-state index contributed by atoms with van der Waals surface area (Å²) in [5.74, 6) is 1.10. The van der Waals surface area contributed by atoms with Crippen LogP contribution in [0.15, 0.2) is 40.7 Å². The molecular formula is C16H19N3S2. The molecule has 0 bridgehead atoms. The van der Waals surface area contributed by atoms with Gasteiger partial charge in [0.25, 0.3) is 0 Å². The lowest BCUT2D eigenvalue weighted by atomic mass is 10.1. The third-order valence-electron chi connectivity index (χ3n) is 3.32. The Balaban J connectivity index is 1.46. The number of thioether (sulfide) groups is 1. The summed E-state index contributed by atoms with van der Waals surface area (Å²) < 4.78 is 0. The molecule has 0 amide bonds. The van der Waals surface area contributed by atoms with E-state index >= 15 is 0 Å². The molecular weight excluding hydrogens is 298 g/mol. The molecule has 1 fully saturated rings. The van der Waals surface area contributed by atoms with Gasteiger partial charge in [0, 0.05) is 35.8 Å². The van der Waals surface area contributed by atoms with Gasteiger partial charge in [-0.15, -0.1) is 11.3 Å². The summed E-state index contributed by atoms with van der Waals surface area (Å²) in [7, 11) is 0. The van der Waals surface area contributed by atoms with Crippen molar-refractivity contribution in [3.63, 3.8) is 0 Å². The Morgan fingerprint density at radius 1 is 1.33 bits per heavy atom. The van der Waals surface area contributed by atoms with E-state index in [1.165, 1.54) is 10.6 Å². The van der Waals surface area contributed by atoms with Gasteiger partial charge in [0.2, 0.25) is 0 Å². The van der Waals surface area contributed by atoms with Crippen molar-refractivity contribution in [3.05, 3.63) is 52.0 Å². The highest BCUT2D eigenvalue weighted by Crippen LogP contribution is 2.17. The molecule has 3 nitrogen and oxygen atoms in total. The van der Waals surface area contributed by atoms with Crippen molar-refractivity contribution in [1.29, 1.82) is 0 Å². The van der Waals surface area contributed by atoms with E-state index < -0.39 is 0 Å². The molecule has 1 saturated heterocycles. The second-order valence-corrected chi connectivity index (χ2v) is 7.11. The Hall–Kier alpha value is -1.33. The van der Waals surface area contributed by atoms with Crippen molar-refractivity contribution in [1.82, 2.24) is 10.3 Å². The molecule has 2 heterocycles. The lowest BCUT2D eigenvalue weighted by Crippen LogP contribution is -2.29. The van der Waals surface area contributed by atoms with Crippen molar-refractivity contribution in [2.24, 2.45) is 4.99 Å². The highest BCUT2D eigenvalue weighted by atomic mass is 32.2. The van der Waals surface area contributed by atoms with Gasteiger partial charge < -0.3 is 5.32 Å². The van der Waals surface area contributed by atoms with Crippen molar-refractivity contribution >= 4 is 28.3 Å². The molecule has 1 aromatic heterocycles. The third-order valence-corrected chi connectivity index (χ3v) is 5.44. The smallest absolute Gasteiger partial charge is 0.156 e. The molecule has 0 radical (unpaired) electrons. The van der Waals surface area contributed by atoms with Crippen molar-refractivity contribution in [2.75, 3.05) is 12.3 Å². The van der Waals surface area contributed by atoms with Gasteiger partial charge in [-0.05, 0) is 18.9 Å². The van der Waals surface area contributed by atoms with Crippen molar-refractivity contribution < 1.29 is 0 Å². The second-order valence-electron chi connectivity index (χ2n) is 5.16. The van der Waals surface area contributed by atoms with Crippen LogP contribution in [0.5, 0.6) is 0 Å². The van der Waals surface area contributed by atoms with Gasteiger partial charge in [0.15, 0.2) is 5.17 Å². The maximum absolute atomic E-state index is 4.65. The number of aryl methyl sites for hydroxylation is 1. The first-order valence-corrected chi connectivity index (χ1v) is 9.05. The largest absolute Gasteiger partial charge is 0.361 e. The number of aromatic nitrogens is 1. The quantitative estimate of drug-likeness (QED) is 0.919. The van der Waals surface area contributed by atoms with Crippen LogP contribution in [0.1, 0.15) is 16.3 Å². The van der Waals surface area contributed by atoms with Crippen molar-refractivity contribution in [2.45, 2.75) is 25.8 Å². The summed E-state index contributed by atoms with van der Waals surface area (Å²) in [5.41, 5.74) is 2.49. The van der Waals surface area contributed by atoms with E-state index in [0.717, 1.165) is 36.0 Å². The number of thiazole rings is 1. The normalized spacial score (nSPS) is 19.9. The minimum absolute atomic E-state index is 0.498. The SMILES string of the molecule is Cc1csc(CCN=C2NC(Cc3ccccc3)CS2)n1. The van der Waals surface area contributed by atoms with Crippen LogP contribution in [0.25, 0.3) is 0 Å². The van der Waals surface area contributed by atoms with Gasteiger partial charge in [-0.25, -0.2) is 4.98 Å². The molecule has 1 N–H and O–H groups in total. The zero-order valence-corrected chi connectivity index (χ0v) is 13.7. The van der Waals surface area contributed by atoms with E-state index in [2.05, 4.69) is 51.0 Å². The topological polar surface area (TPSA) is 37.3 Å². The first-order valence-electron chi connectivity index (χ1n) is 7.18. The lowest BCUT2D eigenvalue weighted by Gasteiger charge is -2.09. The molecule has 1 aromatic carbocycles. The molecule has 1 aliphatic heterocycles. The van der Waals surface area contributed by atoms with Crippen LogP contribution in [-0.2, 0) is 12.8 Å². The summed E-state index contributed by atoms with van der Waals surface area (Å²) in [5, 5.41) is 7.89. The number of benzene rings is 1. The molecule has 1 atom stereocenters. The highest BCUT2D eigenvalue weighted by molar-refractivity contribution is 8.14. The molecule has 0 spiro atoms. The molecule has 5 heteroatoms. The minimum atomic E-state index is 0.498. The minimum Gasteiger partial charge on any atom is -0.361 e. The lowest BCUT2D eigenvalue weighted by molar-refractivity contribution is 0.686. The van der Waals surface area contributed by atoms with E-state index in [4.69, 9.17) is 0 Å². The van der Waals surface area contributed by atoms with Gasteiger partial charge in [-0.1, -0.05) is 42.1 Å². The predicted octanol–water partition coefficient (Wildman–Crippen LogP) is 3.30. The third kappa shape index (κ3) is 4.32. The number of nitrogens with one attached hydrogen (secondary N) is 1. The van der Waals surface area contributed by atoms with Gasteiger partial charge >= 0.3 is 0 Å². The van der Waals surface area contributed by atoms with Gasteiger partial charge in [-0.3, -0.25) is 4.99 Å². The molecule has 2 aromatic rings. The average Bonchev–Trinajstić information content (AvgIpc) is 3.10. The number of hydrogen-bond acceptors (Lipinski definition) is 4. The number of aliphatic imine (C=N–C) groups is 1. The molecule has 21 heavy (non-hydrogen) atoms. The van der Waals surface area contributed by atoms with Gasteiger partial charge in [0.05, 0.1) is 5.01 Å². The zero-order valence-electron chi connectivity index (χ0n) is 12.1. The predicted molar refractivity (Wildman–Crippen MR) is 92.4 cm³/mol. The van der Waals surface area contributed by atoms with Crippen molar-refractivity contribution in [3.8, 4) is 0 Å². The maximum Gasteiger partial charge on any atom is 0.156 e. The summed E-state index contributed by atoms with van der Waals surface area (Å²) in [6.45, 7) is 2.86. The summed E-state index contributed by atoms with van der Waals surface area (Å²) >= 11 is 3.56. The van der Waals surface area contributed by atoms with E-state index in [1.54, 1.807) is 11.3 Å². The molecule has 0 saturated carbocycles. The van der Waals surface area contributed by atoms with Crippen LogP contribution in [0.3, 0.4) is 0 Å². The van der Waals surface area contributed by atoms with Crippen LogP contribution >= 0.6 is 23.1 Å². The van der Waals surface area contributed by atoms with Gasteiger partial charge in [0.1, 0.15) is 0 Å². The van der Waals surface area contributed by atoms with E-state index in [0.29, 0.717) is 6.04 Å². The molecule has 110 valence electrons. The summed E-state index contributed by atoms with van der Waals surface area (Å²) in [4.78, 5) is 9.12. The Morgan fingerprint density at radius 3 is 2.95 bits per heavy atom. The standard InChI is InChI=1S/C16H19N3S2/c1-12-10-20-15(18-12)7-8-17-16-19-14(11-21-16)9-13-5-3-2-4-6-13/h2-6,10,14H,7-9,11H2,1H3,(H,17,19). The summed E-state index contributed by atoms with van der Waals surface area (Å²) in [6.07, 6.45) is 2.01. The molecule has 1 unspecified atom stereocenters. The molecule has 0 aliphatic carbocycles. The highest BCUT2D eigenvalue weighted by Gasteiger charge is 2.20. The first-order chi connectivity index (χ1) is 10.3. The number of amidine groups is 1. The molecule has 1 aliphatic rings. The molecule has 3 rings (SSSR count). The van der Waals surface area contributed by atoms with Gasteiger partial charge in [-0.2, -0.15) is 0 Å². The van der Waals surface area contributed by atoms with Crippen LogP contribution in [-0.4, -0.2) is 28.5 Å². The second kappa shape index (κ2) is 7.09. The Kier molecular flexibility index (Phi) is 4.93. The van der Waals surface area contributed by atoms with E-state index in [9.17, 15) is 0 Å². The number of rotatable bonds is 5. The first kappa shape index (κ1) is 14.6. The Bertz CT molecular complexity index is 607. The fourth-order valence-corrected chi connectivity index (χ4v) is 4.07. The van der Waals surface area contributed by atoms with Crippen LogP contribution in [0.2, 0.25) is 0 Å². The average molecular weight is 317 g/mol. The summed E-state index contributed by atoms with van der Waals surface area (Å²) in [6, 6.07) is 11.1.